The smallest absolute Gasteiger partial charge is 0.328 e. The number of hydrogen-bond donors (Lipinski definition) is 1. The maximum Gasteiger partial charge on any atom is 0.328 e. The fraction of sp³-hybridized carbons (Fsp3) is 0.714. The molecule has 1 aliphatic heterocycles. The first-order valence-corrected chi connectivity index (χ1v) is 13.4. The summed E-state index contributed by atoms with van der Waals surface area (Å²) in [5.74, 6) is 1.23. The highest BCUT2D eigenvalue weighted by molar-refractivity contribution is 5.87. The van der Waals surface area contributed by atoms with E-state index in [9.17, 15) is 14.7 Å². The maximum atomic E-state index is 13.0. The number of benzene rings is 1. The molecule has 202 valence electrons. The first-order valence-electron chi connectivity index (χ1n) is 13.4. The summed E-state index contributed by atoms with van der Waals surface area (Å²) in [6.45, 7) is 0.842. The predicted octanol–water partition coefficient (Wildman–Crippen LogP) is 4.29. The lowest BCUT2D eigenvalue weighted by molar-refractivity contribution is -0.161. The van der Waals surface area contributed by atoms with E-state index in [1.165, 1.54) is 6.42 Å². The molecule has 8 heteroatoms. The van der Waals surface area contributed by atoms with Gasteiger partial charge in [-0.05, 0) is 81.4 Å². The van der Waals surface area contributed by atoms with Crippen molar-refractivity contribution in [2.24, 2.45) is 5.92 Å². The summed E-state index contributed by atoms with van der Waals surface area (Å²) < 4.78 is 21.8. The van der Waals surface area contributed by atoms with E-state index < -0.39 is 12.1 Å². The number of rotatable bonds is 12. The second kappa shape index (κ2) is 14.3. The molecule has 2 aliphatic rings. The van der Waals surface area contributed by atoms with Crippen LogP contribution in [0.25, 0.3) is 0 Å². The van der Waals surface area contributed by atoms with Gasteiger partial charge in [0.25, 0.3) is 5.91 Å². The second-order valence-electron chi connectivity index (χ2n) is 9.90. The molecule has 1 amide bonds. The van der Waals surface area contributed by atoms with Crippen LogP contribution in [0.2, 0.25) is 0 Å². The normalized spacial score (nSPS) is 19.4. The van der Waals surface area contributed by atoms with Gasteiger partial charge in [0.2, 0.25) is 5.75 Å². The van der Waals surface area contributed by atoms with Crippen molar-refractivity contribution >= 4 is 11.9 Å². The zero-order valence-corrected chi connectivity index (χ0v) is 22.1. The number of aliphatic hydroxyl groups is 1. The minimum absolute atomic E-state index is 0.00971. The molecule has 0 bridgehead atoms. The Kier molecular flexibility index (Phi) is 11.2. The lowest BCUT2D eigenvalue weighted by Crippen LogP contribution is -2.53. The number of nitrogens with zero attached hydrogens (tertiary/aromatic N) is 1. The fourth-order valence-corrected chi connectivity index (χ4v) is 5.42. The SMILES string of the molecule is COc1cc(CCCCCOC(=O)C2CCCCN2C(=O)C(O)C2CCCCC2)cc(OC)c1OC. The molecule has 1 saturated heterocycles. The number of carbonyl (C=O) groups excluding carboxylic acids is 2. The summed E-state index contributed by atoms with van der Waals surface area (Å²) in [6, 6.07) is 3.33. The number of likely N-dealkylation sites (tertiary alicyclic amines) is 1. The van der Waals surface area contributed by atoms with E-state index in [1.807, 2.05) is 12.1 Å². The topological polar surface area (TPSA) is 94.5 Å². The quantitative estimate of drug-likeness (QED) is 0.334. The van der Waals surface area contributed by atoms with Crippen LogP contribution in [-0.4, -0.2) is 68.5 Å². The number of unbranched alkanes of at least 4 members (excludes halogenated alkanes) is 2. The summed E-state index contributed by atoms with van der Waals surface area (Å²) in [4.78, 5) is 27.4. The van der Waals surface area contributed by atoms with Crippen molar-refractivity contribution in [3.05, 3.63) is 17.7 Å². The molecular formula is C28H43NO7. The number of amides is 1. The highest BCUT2D eigenvalue weighted by Gasteiger charge is 2.38. The number of ether oxygens (including phenoxy) is 4. The molecule has 36 heavy (non-hydrogen) atoms. The van der Waals surface area contributed by atoms with Crippen molar-refractivity contribution in [2.75, 3.05) is 34.5 Å². The molecule has 1 saturated carbocycles. The number of aryl methyl sites for hydroxylation is 1. The molecule has 1 aliphatic carbocycles. The molecule has 1 N–H and O–H groups in total. The van der Waals surface area contributed by atoms with E-state index in [0.717, 1.165) is 69.8 Å². The Morgan fingerprint density at radius 1 is 0.917 bits per heavy atom. The molecule has 3 rings (SSSR count). The van der Waals surface area contributed by atoms with Gasteiger partial charge in [0.1, 0.15) is 12.1 Å². The van der Waals surface area contributed by atoms with Gasteiger partial charge in [-0.25, -0.2) is 4.79 Å². The highest BCUT2D eigenvalue weighted by Crippen LogP contribution is 2.38. The molecule has 0 radical (unpaired) electrons. The van der Waals surface area contributed by atoms with E-state index in [1.54, 1.807) is 26.2 Å². The Hall–Kier alpha value is -2.48. The van der Waals surface area contributed by atoms with Crippen LogP contribution in [-0.2, 0) is 20.7 Å². The second-order valence-corrected chi connectivity index (χ2v) is 9.90. The summed E-state index contributed by atoms with van der Waals surface area (Å²) in [6.07, 6.45) is 9.80. The number of hydrogen-bond acceptors (Lipinski definition) is 7. The Morgan fingerprint density at radius 2 is 1.58 bits per heavy atom. The Balaban J connectivity index is 1.43. The van der Waals surface area contributed by atoms with E-state index >= 15 is 0 Å². The number of methoxy groups -OCH3 is 3. The molecule has 0 aromatic heterocycles. The van der Waals surface area contributed by atoms with Crippen LogP contribution in [0.3, 0.4) is 0 Å². The van der Waals surface area contributed by atoms with E-state index in [0.29, 0.717) is 36.8 Å². The maximum absolute atomic E-state index is 13.0. The molecule has 1 aromatic carbocycles. The van der Waals surface area contributed by atoms with Gasteiger partial charge in [0, 0.05) is 6.54 Å². The third-order valence-corrected chi connectivity index (χ3v) is 7.49. The van der Waals surface area contributed by atoms with Gasteiger partial charge in [-0.2, -0.15) is 0 Å². The minimum Gasteiger partial charge on any atom is -0.493 e. The lowest BCUT2D eigenvalue weighted by atomic mass is 9.84. The van der Waals surface area contributed by atoms with Crippen molar-refractivity contribution in [1.29, 1.82) is 0 Å². The monoisotopic (exact) mass is 505 g/mol. The predicted molar refractivity (Wildman–Crippen MR) is 137 cm³/mol. The molecule has 1 aromatic rings. The largest absolute Gasteiger partial charge is 0.493 e. The summed E-state index contributed by atoms with van der Waals surface area (Å²) >= 11 is 0. The average molecular weight is 506 g/mol. The van der Waals surface area contributed by atoms with E-state index in [4.69, 9.17) is 18.9 Å². The third-order valence-electron chi connectivity index (χ3n) is 7.49. The zero-order valence-electron chi connectivity index (χ0n) is 22.1. The standard InChI is InChI=1S/C28H43NO7/c1-33-23-18-20(19-24(34-2)26(23)35-3)12-6-5-11-17-36-28(32)22-15-9-10-16-29(22)27(31)25(30)21-13-7-4-8-14-21/h18-19,21-22,25,30H,4-17H2,1-3H3. The highest BCUT2D eigenvalue weighted by atomic mass is 16.5. The van der Waals surface area contributed by atoms with E-state index in [-0.39, 0.29) is 17.8 Å². The summed E-state index contributed by atoms with van der Waals surface area (Å²) in [5.41, 5.74) is 1.09. The van der Waals surface area contributed by atoms with Crippen molar-refractivity contribution in [3.63, 3.8) is 0 Å². The van der Waals surface area contributed by atoms with Gasteiger partial charge in [0.15, 0.2) is 11.5 Å². The number of aliphatic hydroxyl groups excluding tert-OH is 1. The molecular weight excluding hydrogens is 462 g/mol. The molecule has 0 spiro atoms. The van der Waals surface area contributed by atoms with Gasteiger partial charge < -0.3 is 29.0 Å². The van der Waals surface area contributed by atoms with Gasteiger partial charge in [-0.15, -0.1) is 0 Å². The van der Waals surface area contributed by atoms with Crippen LogP contribution >= 0.6 is 0 Å². The Labute approximate surface area is 215 Å². The Bertz CT molecular complexity index is 827. The first-order chi connectivity index (χ1) is 17.5. The summed E-state index contributed by atoms with van der Waals surface area (Å²) in [5, 5.41) is 10.7. The molecule has 2 fully saturated rings. The lowest BCUT2D eigenvalue weighted by Gasteiger charge is -2.37. The van der Waals surface area contributed by atoms with Crippen LogP contribution in [0.15, 0.2) is 12.1 Å². The van der Waals surface area contributed by atoms with Gasteiger partial charge >= 0.3 is 5.97 Å². The molecule has 8 nitrogen and oxygen atoms in total. The van der Waals surface area contributed by atoms with Gasteiger partial charge in [-0.3, -0.25) is 4.79 Å². The van der Waals surface area contributed by atoms with Gasteiger partial charge in [-0.1, -0.05) is 19.3 Å². The van der Waals surface area contributed by atoms with E-state index in [2.05, 4.69) is 0 Å². The Morgan fingerprint density at radius 3 is 2.22 bits per heavy atom. The van der Waals surface area contributed by atoms with Crippen molar-refractivity contribution < 1.29 is 33.6 Å². The number of esters is 1. The zero-order chi connectivity index (χ0) is 25.9. The van der Waals surface area contributed by atoms with Crippen LogP contribution in [0, 0.1) is 5.92 Å². The molecule has 2 atom stereocenters. The fourth-order valence-electron chi connectivity index (χ4n) is 5.42. The first kappa shape index (κ1) is 28.1. The van der Waals surface area contributed by atoms with Crippen LogP contribution in [0.1, 0.15) is 76.2 Å². The van der Waals surface area contributed by atoms with Crippen LogP contribution in [0.5, 0.6) is 17.2 Å². The van der Waals surface area contributed by atoms with Crippen molar-refractivity contribution in [3.8, 4) is 17.2 Å². The third kappa shape index (κ3) is 7.28. The van der Waals surface area contributed by atoms with Crippen molar-refractivity contribution in [2.45, 2.75) is 89.2 Å². The molecule has 2 unspecified atom stereocenters. The minimum atomic E-state index is -1.01. The van der Waals surface area contributed by atoms with Gasteiger partial charge in [0.05, 0.1) is 27.9 Å². The average Bonchev–Trinajstić information content (AvgIpc) is 2.93. The summed E-state index contributed by atoms with van der Waals surface area (Å²) in [7, 11) is 4.79. The van der Waals surface area contributed by atoms with Crippen LogP contribution < -0.4 is 14.2 Å². The number of piperidine rings is 1. The number of carbonyl (C=O) groups is 2. The molecule has 1 heterocycles. The van der Waals surface area contributed by atoms with Crippen LogP contribution in [0.4, 0.5) is 0 Å². The van der Waals surface area contributed by atoms with Crippen molar-refractivity contribution in [1.82, 2.24) is 4.90 Å².